The third kappa shape index (κ3) is 8.97. The molecule has 0 saturated carbocycles. The zero-order chi connectivity index (χ0) is 24.4. The number of aliphatic carboxylic acids is 2. The van der Waals surface area contributed by atoms with Crippen molar-refractivity contribution in [2.24, 2.45) is 5.73 Å². The summed E-state index contributed by atoms with van der Waals surface area (Å²) in [7, 11) is 0. The first-order valence-electron chi connectivity index (χ1n) is 9.44. The summed E-state index contributed by atoms with van der Waals surface area (Å²) >= 11 is 0. The number of aliphatic hydroxyl groups is 1. The van der Waals surface area contributed by atoms with Crippen LogP contribution in [0.15, 0.2) is 24.3 Å². The first-order valence-corrected chi connectivity index (χ1v) is 9.44. The normalized spacial score (nSPS) is 14.3. The second-order valence-corrected chi connectivity index (χ2v) is 6.97. The molecule has 0 heterocycles. The molecule has 9 N–H and O–H groups in total. The molecule has 32 heavy (non-hydrogen) atoms. The quantitative estimate of drug-likeness (QED) is 0.163. The van der Waals surface area contributed by atoms with E-state index in [-0.39, 0.29) is 12.2 Å². The lowest BCUT2D eigenvalue weighted by atomic mass is 10.0. The molecule has 0 radical (unpaired) electrons. The molecule has 0 fully saturated rings. The molecular weight excluding hydrogens is 428 g/mol. The van der Waals surface area contributed by atoms with Crippen LogP contribution in [-0.2, 0) is 30.4 Å². The Morgan fingerprint density at radius 1 is 0.969 bits per heavy atom. The van der Waals surface area contributed by atoms with Gasteiger partial charge >= 0.3 is 11.9 Å². The van der Waals surface area contributed by atoms with Crippen molar-refractivity contribution < 1.29 is 44.4 Å². The van der Waals surface area contributed by atoms with Crippen LogP contribution in [0.25, 0.3) is 0 Å². The molecule has 13 nitrogen and oxygen atoms in total. The summed E-state index contributed by atoms with van der Waals surface area (Å²) in [4.78, 5) is 58.7. The molecule has 1 rings (SSSR count). The summed E-state index contributed by atoms with van der Waals surface area (Å²) in [6.45, 7) is 0.703. The minimum Gasteiger partial charge on any atom is -0.508 e. The molecule has 1 aromatic rings. The average molecular weight is 454 g/mol. The fraction of sp³-hybridized carbons (Fsp3) is 0.421. The van der Waals surface area contributed by atoms with Gasteiger partial charge in [0, 0.05) is 6.42 Å². The maximum absolute atomic E-state index is 12.6. The Hall–Kier alpha value is -3.71. The van der Waals surface area contributed by atoms with Gasteiger partial charge in [0.15, 0.2) is 0 Å². The molecule has 176 valence electrons. The predicted molar refractivity (Wildman–Crippen MR) is 108 cm³/mol. The standard InChI is InChI=1S/C19H26N4O9/c1-9(24)16(20)18(30)21-8-14(26)22-12(6-10-2-4-11(25)5-3-10)17(29)23-13(19(31)32)7-15(27)28/h2-5,9,12-13,16,24-25H,6-8,20H2,1H3,(H,21,30)(H,22,26)(H,23,29)(H,27,28)(H,31,32). The van der Waals surface area contributed by atoms with Gasteiger partial charge in [0.2, 0.25) is 17.7 Å². The van der Waals surface area contributed by atoms with Gasteiger partial charge in [-0.15, -0.1) is 0 Å². The lowest BCUT2D eigenvalue weighted by Gasteiger charge is -2.21. The molecule has 0 aliphatic rings. The van der Waals surface area contributed by atoms with Crippen molar-refractivity contribution >= 4 is 29.7 Å². The van der Waals surface area contributed by atoms with Gasteiger partial charge in [-0.2, -0.15) is 0 Å². The van der Waals surface area contributed by atoms with E-state index >= 15 is 0 Å². The molecule has 3 amide bonds. The Bertz CT molecular complexity index is 842. The number of benzene rings is 1. The first kappa shape index (κ1) is 26.3. The molecule has 0 spiro atoms. The van der Waals surface area contributed by atoms with Crippen LogP contribution < -0.4 is 21.7 Å². The number of hydrogen-bond donors (Lipinski definition) is 8. The van der Waals surface area contributed by atoms with Gasteiger partial charge in [-0.3, -0.25) is 19.2 Å². The van der Waals surface area contributed by atoms with Gasteiger partial charge in [0.25, 0.3) is 0 Å². The van der Waals surface area contributed by atoms with E-state index < -0.39 is 66.9 Å². The van der Waals surface area contributed by atoms with Crippen LogP contribution in [0.3, 0.4) is 0 Å². The maximum atomic E-state index is 12.6. The number of carboxylic acids is 2. The van der Waals surface area contributed by atoms with E-state index in [1.54, 1.807) is 0 Å². The largest absolute Gasteiger partial charge is 0.508 e. The number of carboxylic acid groups (broad SMARTS) is 2. The number of nitrogens with one attached hydrogen (secondary N) is 3. The van der Waals surface area contributed by atoms with Crippen molar-refractivity contribution in [3.8, 4) is 5.75 Å². The lowest BCUT2D eigenvalue weighted by Crippen LogP contribution is -2.55. The third-order valence-electron chi connectivity index (χ3n) is 4.27. The number of rotatable bonds is 12. The summed E-state index contributed by atoms with van der Waals surface area (Å²) in [5.74, 6) is -5.65. The van der Waals surface area contributed by atoms with Gasteiger partial charge < -0.3 is 42.1 Å². The Morgan fingerprint density at radius 2 is 1.56 bits per heavy atom. The number of amides is 3. The van der Waals surface area contributed by atoms with Gasteiger partial charge in [-0.1, -0.05) is 12.1 Å². The third-order valence-corrected chi connectivity index (χ3v) is 4.27. The van der Waals surface area contributed by atoms with E-state index in [0.717, 1.165) is 0 Å². The van der Waals surface area contributed by atoms with Crippen LogP contribution in [-0.4, -0.2) is 80.9 Å². The smallest absolute Gasteiger partial charge is 0.326 e. The van der Waals surface area contributed by atoms with Crippen LogP contribution in [0.4, 0.5) is 0 Å². The molecular formula is C19H26N4O9. The monoisotopic (exact) mass is 454 g/mol. The minimum atomic E-state index is -1.73. The number of phenols is 1. The van der Waals surface area contributed by atoms with Crippen molar-refractivity contribution in [2.75, 3.05) is 6.54 Å². The molecule has 0 aliphatic carbocycles. The molecule has 4 atom stereocenters. The number of carbonyl (C=O) groups is 5. The minimum absolute atomic E-state index is 0.0386. The number of hydrogen-bond acceptors (Lipinski definition) is 8. The summed E-state index contributed by atoms with van der Waals surface area (Å²) in [5, 5.41) is 43.2. The molecule has 4 unspecified atom stereocenters. The highest BCUT2D eigenvalue weighted by Gasteiger charge is 2.28. The van der Waals surface area contributed by atoms with Crippen molar-refractivity contribution in [3.63, 3.8) is 0 Å². The topological polar surface area (TPSA) is 228 Å². The molecule has 0 aliphatic heterocycles. The van der Waals surface area contributed by atoms with Gasteiger partial charge in [0.05, 0.1) is 19.1 Å². The number of carbonyl (C=O) groups excluding carboxylic acids is 3. The molecule has 0 bridgehead atoms. The Labute approximate surface area is 182 Å². The highest BCUT2D eigenvalue weighted by molar-refractivity contribution is 5.93. The SMILES string of the molecule is CC(O)C(N)C(=O)NCC(=O)NC(Cc1ccc(O)cc1)C(=O)NC(CC(=O)O)C(=O)O. The van der Waals surface area contributed by atoms with Crippen molar-refractivity contribution in [1.82, 2.24) is 16.0 Å². The summed E-state index contributed by atoms with van der Waals surface area (Å²) in [6, 6.07) is 1.29. The highest BCUT2D eigenvalue weighted by Crippen LogP contribution is 2.12. The molecule has 1 aromatic carbocycles. The number of aliphatic hydroxyl groups excluding tert-OH is 1. The van der Waals surface area contributed by atoms with Crippen LogP contribution in [0.5, 0.6) is 5.75 Å². The maximum Gasteiger partial charge on any atom is 0.326 e. The van der Waals surface area contributed by atoms with Crippen LogP contribution in [0.1, 0.15) is 18.9 Å². The summed E-state index contributed by atoms with van der Waals surface area (Å²) < 4.78 is 0. The summed E-state index contributed by atoms with van der Waals surface area (Å²) in [6.07, 6.45) is -2.17. The van der Waals surface area contributed by atoms with Gasteiger partial charge in [-0.05, 0) is 24.6 Å². The Morgan fingerprint density at radius 3 is 2.06 bits per heavy atom. The number of phenolic OH excluding ortho intramolecular Hbond substituents is 1. The van der Waals surface area contributed by atoms with E-state index in [1.807, 2.05) is 0 Å². The lowest BCUT2D eigenvalue weighted by molar-refractivity contribution is -0.147. The fourth-order valence-electron chi connectivity index (χ4n) is 2.47. The van der Waals surface area contributed by atoms with Crippen LogP contribution in [0.2, 0.25) is 0 Å². The van der Waals surface area contributed by atoms with Crippen molar-refractivity contribution in [3.05, 3.63) is 29.8 Å². The zero-order valence-electron chi connectivity index (χ0n) is 17.1. The zero-order valence-corrected chi connectivity index (χ0v) is 17.1. The van der Waals surface area contributed by atoms with E-state index in [2.05, 4.69) is 16.0 Å². The Balaban J connectivity index is 2.91. The number of nitrogens with two attached hydrogens (primary N) is 1. The fourth-order valence-corrected chi connectivity index (χ4v) is 2.47. The van der Waals surface area contributed by atoms with E-state index in [9.17, 15) is 34.2 Å². The average Bonchev–Trinajstić information content (AvgIpc) is 2.71. The van der Waals surface area contributed by atoms with E-state index in [0.29, 0.717) is 5.56 Å². The highest BCUT2D eigenvalue weighted by atomic mass is 16.4. The van der Waals surface area contributed by atoms with Crippen LogP contribution in [0, 0.1) is 0 Å². The second kappa shape index (κ2) is 12.2. The number of aromatic hydroxyl groups is 1. The Kier molecular flexibility index (Phi) is 10.1. The van der Waals surface area contributed by atoms with Crippen LogP contribution >= 0.6 is 0 Å². The summed E-state index contributed by atoms with van der Waals surface area (Å²) in [5.41, 5.74) is 5.95. The van der Waals surface area contributed by atoms with E-state index in [4.69, 9.17) is 15.9 Å². The van der Waals surface area contributed by atoms with Gasteiger partial charge in [0.1, 0.15) is 23.9 Å². The van der Waals surface area contributed by atoms with Crippen molar-refractivity contribution in [1.29, 1.82) is 0 Å². The predicted octanol–water partition coefficient (Wildman–Crippen LogP) is -2.71. The van der Waals surface area contributed by atoms with E-state index in [1.165, 1.54) is 31.2 Å². The first-order chi connectivity index (χ1) is 14.9. The molecule has 0 saturated heterocycles. The van der Waals surface area contributed by atoms with Crippen molar-refractivity contribution in [2.45, 2.75) is 44.0 Å². The second-order valence-electron chi connectivity index (χ2n) is 6.97. The molecule has 0 aromatic heterocycles. The molecule has 13 heteroatoms. The van der Waals surface area contributed by atoms with Gasteiger partial charge in [-0.25, -0.2) is 4.79 Å².